The first-order chi connectivity index (χ1) is 15.0. The smallest absolute Gasteiger partial charge is 0.410 e. The predicted octanol–water partition coefficient (Wildman–Crippen LogP) is 3.50. The SMILES string of the molecule is CC(C)OC(=O)N1CCCC(NS(C)(=O)=O)C1Cc1cccc(-c2cccc(F)c2F)n1. The number of sulfonamides is 1. The van der Waals surface area contributed by atoms with E-state index in [9.17, 15) is 22.0 Å². The normalized spacial score (nSPS) is 19.2. The third-order valence-corrected chi connectivity index (χ3v) is 5.90. The van der Waals surface area contributed by atoms with Gasteiger partial charge in [-0.15, -0.1) is 0 Å². The zero-order valence-electron chi connectivity index (χ0n) is 18.2. The number of rotatable bonds is 6. The lowest BCUT2D eigenvalue weighted by Gasteiger charge is -2.40. The van der Waals surface area contributed by atoms with Crippen LogP contribution in [0.1, 0.15) is 32.4 Å². The molecule has 1 aromatic carbocycles. The van der Waals surface area contributed by atoms with E-state index in [-0.39, 0.29) is 23.8 Å². The Hall–Kier alpha value is -2.59. The molecule has 0 saturated carbocycles. The first-order valence-corrected chi connectivity index (χ1v) is 12.3. The van der Waals surface area contributed by atoms with Crippen molar-refractivity contribution in [2.75, 3.05) is 12.8 Å². The lowest BCUT2D eigenvalue weighted by atomic mass is 9.93. The molecule has 0 bridgehead atoms. The fraction of sp³-hybridized carbons (Fsp3) is 0.455. The second-order valence-corrected chi connectivity index (χ2v) is 9.93. The van der Waals surface area contributed by atoms with E-state index in [1.807, 2.05) is 0 Å². The van der Waals surface area contributed by atoms with Crippen molar-refractivity contribution in [2.24, 2.45) is 0 Å². The molecule has 1 aliphatic rings. The Labute approximate surface area is 186 Å². The van der Waals surface area contributed by atoms with Crippen LogP contribution in [0.15, 0.2) is 36.4 Å². The maximum absolute atomic E-state index is 14.3. The summed E-state index contributed by atoms with van der Waals surface area (Å²) in [5.41, 5.74) is 0.789. The standard InChI is InChI=1S/C22H27F2N3O4S/c1-14(2)31-22(28)27-12-6-11-19(26-32(3,29)30)20(27)13-15-7-4-10-18(25-15)16-8-5-9-17(23)21(16)24/h4-5,7-10,14,19-20,26H,6,11-13H2,1-3H3. The highest BCUT2D eigenvalue weighted by Gasteiger charge is 2.37. The molecule has 1 amide bonds. The molecule has 3 rings (SSSR count). The maximum Gasteiger partial charge on any atom is 0.410 e. The molecule has 1 saturated heterocycles. The van der Waals surface area contributed by atoms with Gasteiger partial charge in [-0.1, -0.05) is 12.1 Å². The van der Waals surface area contributed by atoms with Crippen LogP contribution < -0.4 is 4.72 Å². The highest BCUT2D eigenvalue weighted by molar-refractivity contribution is 7.88. The Morgan fingerprint density at radius 2 is 1.97 bits per heavy atom. The molecular weight excluding hydrogens is 440 g/mol. The summed E-state index contributed by atoms with van der Waals surface area (Å²) in [5, 5.41) is 0. The summed E-state index contributed by atoms with van der Waals surface area (Å²) in [6, 6.07) is 7.73. The number of amides is 1. The van der Waals surface area contributed by atoms with Gasteiger partial charge in [0.2, 0.25) is 10.0 Å². The van der Waals surface area contributed by atoms with Gasteiger partial charge in [-0.05, 0) is 51.0 Å². The molecule has 10 heteroatoms. The zero-order chi connectivity index (χ0) is 23.5. The van der Waals surface area contributed by atoms with E-state index in [1.54, 1.807) is 32.0 Å². The van der Waals surface area contributed by atoms with Gasteiger partial charge in [-0.3, -0.25) is 4.98 Å². The molecule has 0 radical (unpaired) electrons. The molecule has 174 valence electrons. The van der Waals surface area contributed by atoms with E-state index in [4.69, 9.17) is 4.74 Å². The summed E-state index contributed by atoms with van der Waals surface area (Å²) in [6.07, 6.45) is 1.58. The van der Waals surface area contributed by atoms with Crippen molar-refractivity contribution in [3.63, 3.8) is 0 Å². The number of nitrogens with zero attached hydrogens (tertiary/aromatic N) is 2. The molecule has 1 fully saturated rings. The van der Waals surface area contributed by atoms with Crippen molar-refractivity contribution in [1.82, 2.24) is 14.6 Å². The minimum absolute atomic E-state index is 0.0254. The van der Waals surface area contributed by atoms with E-state index in [0.29, 0.717) is 25.1 Å². The average Bonchev–Trinajstić information content (AvgIpc) is 2.70. The van der Waals surface area contributed by atoms with Crippen LogP contribution in [0.25, 0.3) is 11.3 Å². The minimum atomic E-state index is -3.52. The van der Waals surface area contributed by atoms with Gasteiger partial charge in [0.15, 0.2) is 11.6 Å². The third kappa shape index (κ3) is 6.01. The number of ether oxygens (including phenoxy) is 1. The van der Waals surface area contributed by atoms with Crippen LogP contribution in [0.3, 0.4) is 0 Å². The van der Waals surface area contributed by atoms with Gasteiger partial charge in [-0.25, -0.2) is 26.7 Å². The summed E-state index contributed by atoms with van der Waals surface area (Å²) in [7, 11) is -3.52. The molecule has 1 N–H and O–H groups in total. The van der Waals surface area contributed by atoms with Gasteiger partial charge in [0.05, 0.1) is 24.1 Å². The number of aromatic nitrogens is 1. The highest BCUT2D eigenvalue weighted by Crippen LogP contribution is 2.26. The number of benzene rings is 1. The zero-order valence-corrected chi connectivity index (χ0v) is 19.0. The second-order valence-electron chi connectivity index (χ2n) is 8.15. The van der Waals surface area contributed by atoms with Crippen LogP contribution in [0.4, 0.5) is 13.6 Å². The van der Waals surface area contributed by atoms with Crippen molar-refractivity contribution in [3.05, 3.63) is 53.7 Å². The van der Waals surface area contributed by atoms with Gasteiger partial charge in [0.25, 0.3) is 0 Å². The number of hydrogen-bond donors (Lipinski definition) is 1. The van der Waals surface area contributed by atoms with Crippen molar-refractivity contribution in [1.29, 1.82) is 0 Å². The van der Waals surface area contributed by atoms with Gasteiger partial charge in [0.1, 0.15) is 0 Å². The molecule has 0 spiro atoms. The molecule has 2 atom stereocenters. The molecule has 32 heavy (non-hydrogen) atoms. The van der Waals surface area contributed by atoms with Gasteiger partial charge in [0, 0.05) is 30.3 Å². The van der Waals surface area contributed by atoms with E-state index in [1.165, 1.54) is 17.0 Å². The van der Waals surface area contributed by atoms with Crippen LogP contribution >= 0.6 is 0 Å². The molecular formula is C22H27F2N3O4S. The van der Waals surface area contributed by atoms with Crippen molar-refractivity contribution < 1.29 is 26.7 Å². The Bertz CT molecular complexity index is 1080. The summed E-state index contributed by atoms with van der Waals surface area (Å²) in [6.45, 7) is 3.89. The van der Waals surface area contributed by atoms with Crippen LogP contribution in [0.5, 0.6) is 0 Å². The van der Waals surface area contributed by atoms with E-state index >= 15 is 0 Å². The summed E-state index contributed by atoms with van der Waals surface area (Å²) >= 11 is 0. The number of nitrogens with one attached hydrogen (secondary N) is 1. The molecule has 2 unspecified atom stereocenters. The van der Waals surface area contributed by atoms with Crippen LogP contribution in [0.2, 0.25) is 0 Å². The molecule has 2 heterocycles. The number of likely N-dealkylation sites (tertiary alicyclic amines) is 1. The maximum atomic E-state index is 14.3. The number of carbonyl (C=O) groups excluding carboxylic acids is 1. The van der Waals surface area contributed by atoms with E-state index < -0.39 is 39.8 Å². The van der Waals surface area contributed by atoms with Gasteiger partial charge in [-0.2, -0.15) is 0 Å². The Balaban J connectivity index is 1.93. The topological polar surface area (TPSA) is 88.6 Å². The molecule has 7 nitrogen and oxygen atoms in total. The number of piperidine rings is 1. The van der Waals surface area contributed by atoms with Crippen LogP contribution in [-0.4, -0.2) is 55.4 Å². The van der Waals surface area contributed by atoms with Crippen molar-refractivity contribution in [3.8, 4) is 11.3 Å². The average molecular weight is 468 g/mol. The summed E-state index contributed by atoms with van der Waals surface area (Å²) < 4.78 is 59.7. The predicted molar refractivity (Wildman–Crippen MR) is 116 cm³/mol. The largest absolute Gasteiger partial charge is 0.447 e. The monoisotopic (exact) mass is 467 g/mol. The molecule has 2 aromatic rings. The molecule has 0 aliphatic carbocycles. The Morgan fingerprint density at radius 3 is 2.66 bits per heavy atom. The number of hydrogen-bond acceptors (Lipinski definition) is 5. The Morgan fingerprint density at radius 1 is 1.25 bits per heavy atom. The number of pyridine rings is 1. The molecule has 1 aliphatic heterocycles. The van der Waals surface area contributed by atoms with E-state index in [0.717, 1.165) is 12.3 Å². The fourth-order valence-electron chi connectivity index (χ4n) is 3.88. The fourth-order valence-corrected chi connectivity index (χ4v) is 4.70. The van der Waals surface area contributed by atoms with Crippen LogP contribution in [-0.2, 0) is 21.2 Å². The second kappa shape index (κ2) is 9.91. The Kier molecular flexibility index (Phi) is 7.45. The number of carbonyl (C=O) groups is 1. The molecule has 1 aromatic heterocycles. The van der Waals surface area contributed by atoms with E-state index in [2.05, 4.69) is 9.71 Å². The van der Waals surface area contributed by atoms with Gasteiger partial charge < -0.3 is 9.64 Å². The van der Waals surface area contributed by atoms with Crippen molar-refractivity contribution >= 4 is 16.1 Å². The lowest BCUT2D eigenvalue weighted by molar-refractivity contribution is 0.0459. The third-order valence-electron chi connectivity index (χ3n) is 5.17. The first-order valence-electron chi connectivity index (χ1n) is 10.4. The van der Waals surface area contributed by atoms with Crippen LogP contribution in [0, 0.1) is 11.6 Å². The highest BCUT2D eigenvalue weighted by atomic mass is 32.2. The van der Waals surface area contributed by atoms with Gasteiger partial charge >= 0.3 is 6.09 Å². The van der Waals surface area contributed by atoms with Crippen molar-refractivity contribution in [2.45, 2.75) is 51.3 Å². The first kappa shape index (κ1) is 24.1. The quantitative estimate of drug-likeness (QED) is 0.703. The number of halogens is 2. The summed E-state index contributed by atoms with van der Waals surface area (Å²) in [5.74, 6) is -1.96. The summed E-state index contributed by atoms with van der Waals surface area (Å²) in [4.78, 5) is 18.7. The lowest BCUT2D eigenvalue weighted by Crippen LogP contribution is -2.58. The minimum Gasteiger partial charge on any atom is -0.447 e.